The maximum atomic E-state index is 5.50. The minimum atomic E-state index is 0.718. The average molecular weight is 180 g/mol. The quantitative estimate of drug-likeness (QED) is 0.701. The van der Waals surface area contributed by atoms with Crippen LogP contribution in [0.2, 0.25) is 0 Å². The van der Waals surface area contributed by atoms with Crippen molar-refractivity contribution in [2.45, 2.75) is 19.3 Å². The van der Waals surface area contributed by atoms with E-state index in [0.29, 0.717) is 0 Å². The van der Waals surface area contributed by atoms with Crippen molar-refractivity contribution in [1.82, 2.24) is 4.98 Å². The smallest absolute Gasteiger partial charge is 0.0520 e. The Morgan fingerprint density at radius 3 is 3.08 bits per heavy atom. The summed E-state index contributed by atoms with van der Waals surface area (Å²) in [4.78, 5) is 3.41. The molecule has 3 heteroatoms. The van der Waals surface area contributed by atoms with Crippen molar-refractivity contribution in [3.63, 3.8) is 0 Å². The Bertz CT molecular complexity index is 257. The number of ether oxygens (including phenoxy) is 1. The first kappa shape index (κ1) is 8.78. The van der Waals surface area contributed by atoms with Gasteiger partial charge in [0.2, 0.25) is 0 Å². The lowest BCUT2D eigenvalue weighted by Crippen LogP contribution is -2.03. The second kappa shape index (κ2) is 3.94. The Morgan fingerprint density at radius 1 is 1.38 bits per heavy atom. The highest BCUT2D eigenvalue weighted by atomic mass is 16.5. The van der Waals surface area contributed by atoms with Gasteiger partial charge in [0.25, 0.3) is 0 Å². The van der Waals surface area contributed by atoms with Crippen LogP contribution in [0.4, 0.5) is 0 Å². The van der Waals surface area contributed by atoms with Crippen LogP contribution in [-0.4, -0.2) is 24.7 Å². The highest BCUT2D eigenvalue weighted by Crippen LogP contribution is 2.15. The van der Waals surface area contributed by atoms with Crippen molar-refractivity contribution >= 4 is 0 Å². The Morgan fingerprint density at radius 2 is 2.23 bits per heavy atom. The molecule has 1 aliphatic heterocycles. The molecule has 0 aliphatic carbocycles. The lowest BCUT2D eigenvalue weighted by Gasteiger charge is -1.96. The van der Waals surface area contributed by atoms with Crippen molar-refractivity contribution in [1.29, 1.82) is 0 Å². The van der Waals surface area contributed by atoms with E-state index in [1.54, 1.807) is 0 Å². The number of fused-ring (bicyclic) bond motifs is 1. The van der Waals surface area contributed by atoms with Crippen LogP contribution in [0.3, 0.4) is 0 Å². The summed E-state index contributed by atoms with van der Waals surface area (Å²) in [5.74, 6) is 0. The van der Waals surface area contributed by atoms with Gasteiger partial charge in [-0.25, -0.2) is 0 Å². The predicted molar refractivity (Wildman–Crippen MR) is 51.8 cm³/mol. The van der Waals surface area contributed by atoms with E-state index in [0.717, 1.165) is 39.0 Å². The van der Waals surface area contributed by atoms with Crippen LogP contribution < -0.4 is 5.73 Å². The highest BCUT2D eigenvalue weighted by molar-refractivity contribution is 5.27. The van der Waals surface area contributed by atoms with E-state index in [4.69, 9.17) is 10.5 Å². The van der Waals surface area contributed by atoms with Gasteiger partial charge in [0, 0.05) is 17.8 Å². The molecule has 1 aromatic heterocycles. The first-order valence-electron chi connectivity index (χ1n) is 4.87. The molecule has 3 N–H and O–H groups in total. The first-order chi connectivity index (χ1) is 6.40. The third kappa shape index (κ3) is 1.92. The van der Waals surface area contributed by atoms with Crippen LogP contribution in [0.5, 0.6) is 0 Å². The SMILES string of the molecule is NCCc1cc2c([nH]1)CCOCC2. The Labute approximate surface area is 78.3 Å². The number of rotatable bonds is 2. The summed E-state index contributed by atoms with van der Waals surface area (Å²) in [6, 6.07) is 2.23. The molecule has 72 valence electrons. The zero-order chi connectivity index (χ0) is 9.10. The van der Waals surface area contributed by atoms with Gasteiger partial charge in [-0.1, -0.05) is 0 Å². The van der Waals surface area contributed by atoms with E-state index in [2.05, 4.69) is 11.1 Å². The number of H-pyrrole nitrogens is 1. The summed E-state index contributed by atoms with van der Waals surface area (Å²) in [5, 5.41) is 0. The van der Waals surface area contributed by atoms with Crippen LogP contribution in [0.15, 0.2) is 6.07 Å². The number of hydrogen-bond donors (Lipinski definition) is 2. The summed E-state index contributed by atoms with van der Waals surface area (Å²) in [7, 11) is 0. The zero-order valence-electron chi connectivity index (χ0n) is 7.81. The van der Waals surface area contributed by atoms with E-state index in [9.17, 15) is 0 Å². The molecule has 0 amide bonds. The van der Waals surface area contributed by atoms with Crippen molar-refractivity contribution in [2.24, 2.45) is 5.73 Å². The largest absolute Gasteiger partial charge is 0.381 e. The Kier molecular flexibility index (Phi) is 2.66. The lowest BCUT2D eigenvalue weighted by atomic mass is 10.1. The molecule has 2 rings (SSSR count). The van der Waals surface area contributed by atoms with Crippen molar-refractivity contribution < 1.29 is 4.74 Å². The zero-order valence-corrected chi connectivity index (χ0v) is 7.81. The van der Waals surface area contributed by atoms with Gasteiger partial charge in [0.15, 0.2) is 0 Å². The molecule has 0 saturated heterocycles. The third-order valence-electron chi connectivity index (χ3n) is 2.47. The standard InChI is InChI=1S/C10H16N2O/c11-4-1-9-7-8-2-5-13-6-3-10(8)12-9/h7,12H,1-6,11H2. The molecule has 0 spiro atoms. The van der Waals surface area contributed by atoms with Gasteiger partial charge in [0.1, 0.15) is 0 Å². The third-order valence-corrected chi connectivity index (χ3v) is 2.47. The number of aromatic nitrogens is 1. The van der Waals surface area contributed by atoms with Gasteiger partial charge in [-0.3, -0.25) is 0 Å². The number of nitrogens with two attached hydrogens (primary N) is 1. The highest BCUT2D eigenvalue weighted by Gasteiger charge is 2.10. The van der Waals surface area contributed by atoms with E-state index in [1.807, 2.05) is 0 Å². The van der Waals surface area contributed by atoms with Crippen molar-refractivity contribution in [2.75, 3.05) is 19.8 Å². The average Bonchev–Trinajstić information content (AvgIpc) is 2.37. The van der Waals surface area contributed by atoms with Crippen LogP contribution >= 0.6 is 0 Å². The van der Waals surface area contributed by atoms with Gasteiger partial charge < -0.3 is 15.5 Å². The van der Waals surface area contributed by atoms with Gasteiger partial charge in [-0.15, -0.1) is 0 Å². The molecule has 0 fully saturated rings. The summed E-state index contributed by atoms with van der Waals surface area (Å²) in [6.07, 6.45) is 3.00. The fourth-order valence-electron chi connectivity index (χ4n) is 1.80. The molecular weight excluding hydrogens is 164 g/mol. The van der Waals surface area contributed by atoms with E-state index in [1.165, 1.54) is 17.0 Å². The summed E-state index contributed by atoms with van der Waals surface area (Å²) < 4.78 is 5.39. The van der Waals surface area contributed by atoms with E-state index < -0.39 is 0 Å². The first-order valence-corrected chi connectivity index (χ1v) is 4.87. The molecule has 1 aromatic rings. The molecule has 1 aliphatic rings. The fraction of sp³-hybridized carbons (Fsp3) is 0.600. The second-order valence-corrected chi connectivity index (χ2v) is 3.45. The Hall–Kier alpha value is -0.800. The predicted octanol–water partition coefficient (Wildman–Crippen LogP) is 0.631. The number of nitrogens with one attached hydrogen (secondary N) is 1. The fourth-order valence-corrected chi connectivity index (χ4v) is 1.80. The molecule has 0 unspecified atom stereocenters. The molecular formula is C10H16N2O. The van der Waals surface area contributed by atoms with Gasteiger partial charge in [0.05, 0.1) is 13.2 Å². The minimum absolute atomic E-state index is 0.718. The second-order valence-electron chi connectivity index (χ2n) is 3.45. The van der Waals surface area contributed by atoms with Crippen molar-refractivity contribution in [3.8, 4) is 0 Å². The molecule has 0 atom stereocenters. The maximum absolute atomic E-state index is 5.50. The lowest BCUT2D eigenvalue weighted by molar-refractivity contribution is 0.146. The molecule has 0 saturated carbocycles. The summed E-state index contributed by atoms with van der Waals surface area (Å²) >= 11 is 0. The van der Waals surface area contributed by atoms with Crippen LogP contribution in [0.25, 0.3) is 0 Å². The van der Waals surface area contributed by atoms with Crippen LogP contribution in [0, 0.1) is 0 Å². The van der Waals surface area contributed by atoms with E-state index >= 15 is 0 Å². The topological polar surface area (TPSA) is 51.0 Å². The normalized spacial score (nSPS) is 16.7. The molecule has 0 aromatic carbocycles. The van der Waals surface area contributed by atoms with Crippen LogP contribution in [-0.2, 0) is 24.0 Å². The van der Waals surface area contributed by atoms with Gasteiger partial charge in [-0.05, 0) is 31.0 Å². The van der Waals surface area contributed by atoms with Gasteiger partial charge >= 0.3 is 0 Å². The molecule has 3 nitrogen and oxygen atoms in total. The summed E-state index contributed by atoms with van der Waals surface area (Å²) in [6.45, 7) is 2.42. The monoisotopic (exact) mass is 180 g/mol. The van der Waals surface area contributed by atoms with E-state index in [-0.39, 0.29) is 0 Å². The van der Waals surface area contributed by atoms with Crippen molar-refractivity contribution in [3.05, 3.63) is 23.0 Å². The molecule has 0 bridgehead atoms. The molecule has 13 heavy (non-hydrogen) atoms. The minimum Gasteiger partial charge on any atom is -0.381 e. The molecule has 2 heterocycles. The number of aromatic amines is 1. The Balaban J connectivity index is 2.17. The maximum Gasteiger partial charge on any atom is 0.0520 e. The van der Waals surface area contributed by atoms with Crippen LogP contribution in [0.1, 0.15) is 17.0 Å². The van der Waals surface area contributed by atoms with Gasteiger partial charge in [-0.2, -0.15) is 0 Å². The number of hydrogen-bond acceptors (Lipinski definition) is 2. The summed E-state index contributed by atoms with van der Waals surface area (Å²) in [5.41, 5.74) is 9.54. The molecule has 0 radical (unpaired) electrons.